The van der Waals surface area contributed by atoms with Crippen molar-refractivity contribution in [3.05, 3.63) is 35.2 Å². The van der Waals surface area contributed by atoms with Gasteiger partial charge in [0.1, 0.15) is 5.25 Å². The molecule has 1 atom stereocenters. The lowest BCUT2D eigenvalue weighted by Crippen LogP contribution is -2.23. The van der Waals surface area contributed by atoms with E-state index in [4.69, 9.17) is 4.52 Å². The van der Waals surface area contributed by atoms with E-state index in [1.165, 1.54) is 11.1 Å². The minimum Gasteiger partial charge on any atom is -0.334 e. The summed E-state index contributed by atoms with van der Waals surface area (Å²) in [5, 5.41) is 6.34. The van der Waals surface area contributed by atoms with Crippen molar-refractivity contribution in [1.29, 1.82) is 0 Å². The quantitative estimate of drug-likeness (QED) is 0.924. The summed E-state index contributed by atoms with van der Waals surface area (Å²) >= 11 is 0. The van der Waals surface area contributed by atoms with Crippen molar-refractivity contribution in [2.24, 2.45) is 0 Å². The molecular formula is C14H17N3O3S. The van der Waals surface area contributed by atoms with Crippen LogP contribution in [0.25, 0.3) is 11.5 Å². The lowest BCUT2D eigenvalue weighted by molar-refractivity contribution is 0.421. The Kier molecular flexibility index (Phi) is 3.54. The van der Waals surface area contributed by atoms with E-state index in [0.29, 0.717) is 5.89 Å². The number of nitrogens with zero attached hydrogens (tertiary/aromatic N) is 2. The molecule has 112 valence electrons. The fourth-order valence-corrected chi connectivity index (χ4v) is 2.80. The van der Waals surface area contributed by atoms with Gasteiger partial charge in [-0.1, -0.05) is 11.2 Å². The minimum atomic E-state index is -3.23. The summed E-state index contributed by atoms with van der Waals surface area (Å²) < 4.78 is 28.3. The molecule has 1 aromatic carbocycles. The summed E-state index contributed by atoms with van der Waals surface area (Å²) in [5.74, 6) is 0.553. The number of hydrogen-bond acceptors (Lipinski definition) is 6. The molecule has 0 spiro atoms. The molecule has 1 aliphatic heterocycles. The van der Waals surface area contributed by atoms with Gasteiger partial charge in [-0.15, -0.1) is 0 Å². The van der Waals surface area contributed by atoms with Gasteiger partial charge in [-0.2, -0.15) is 4.98 Å². The van der Waals surface area contributed by atoms with Crippen molar-refractivity contribution in [1.82, 2.24) is 15.5 Å². The zero-order valence-corrected chi connectivity index (χ0v) is 12.8. The lowest BCUT2D eigenvalue weighted by Gasteiger charge is -2.17. The average molecular weight is 307 g/mol. The molecule has 6 nitrogen and oxygen atoms in total. The molecule has 0 amide bonds. The SMILES string of the molecule is CC(c1noc(-c2ccc3c(c2)CNCC3)n1)S(C)(=O)=O. The van der Waals surface area contributed by atoms with Crippen LogP contribution in [0.4, 0.5) is 0 Å². The van der Waals surface area contributed by atoms with Crippen LogP contribution in [-0.2, 0) is 22.8 Å². The highest BCUT2D eigenvalue weighted by molar-refractivity contribution is 7.90. The summed E-state index contributed by atoms with van der Waals surface area (Å²) in [6, 6.07) is 6.02. The van der Waals surface area contributed by atoms with Crippen molar-refractivity contribution in [2.45, 2.75) is 25.1 Å². The van der Waals surface area contributed by atoms with Crippen LogP contribution in [0.1, 0.15) is 29.1 Å². The van der Waals surface area contributed by atoms with Crippen molar-refractivity contribution >= 4 is 9.84 Å². The summed E-state index contributed by atoms with van der Waals surface area (Å²) in [4.78, 5) is 4.22. The van der Waals surface area contributed by atoms with Gasteiger partial charge in [0.15, 0.2) is 15.7 Å². The fourth-order valence-electron chi connectivity index (χ4n) is 2.32. The van der Waals surface area contributed by atoms with E-state index in [1.807, 2.05) is 12.1 Å². The number of sulfone groups is 1. The predicted octanol–water partition coefficient (Wildman–Crippen LogP) is 1.49. The topological polar surface area (TPSA) is 85.1 Å². The molecular weight excluding hydrogens is 290 g/mol. The van der Waals surface area contributed by atoms with Crippen molar-refractivity contribution in [2.75, 3.05) is 12.8 Å². The summed E-state index contributed by atoms with van der Waals surface area (Å²) in [7, 11) is -3.23. The number of fused-ring (bicyclic) bond motifs is 1. The summed E-state index contributed by atoms with van der Waals surface area (Å²) in [5.41, 5.74) is 3.35. The van der Waals surface area contributed by atoms with Crippen LogP contribution >= 0.6 is 0 Å². The maximum absolute atomic E-state index is 11.5. The monoisotopic (exact) mass is 307 g/mol. The van der Waals surface area contributed by atoms with Gasteiger partial charge in [-0.25, -0.2) is 8.42 Å². The van der Waals surface area contributed by atoms with Gasteiger partial charge in [0.25, 0.3) is 5.89 Å². The van der Waals surface area contributed by atoms with E-state index in [9.17, 15) is 8.42 Å². The molecule has 2 aromatic rings. The smallest absolute Gasteiger partial charge is 0.257 e. The van der Waals surface area contributed by atoms with Gasteiger partial charge in [0, 0.05) is 18.4 Å². The molecule has 1 aromatic heterocycles. The maximum Gasteiger partial charge on any atom is 0.257 e. The van der Waals surface area contributed by atoms with Crippen LogP contribution in [0.3, 0.4) is 0 Å². The fraction of sp³-hybridized carbons (Fsp3) is 0.429. The van der Waals surface area contributed by atoms with Crippen LogP contribution < -0.4 is 5.32 Å². The van der Waals surface area contributed by atoms with Crippen molar-refractivity contribution in [3.63, 3.8) is 0 Å². The van der Waals surface area contributed by atoms with Crippen LogP contribution in [0.2, 0.25) is 0 Å². The summed E-state index contributed by atoms with van der Waals surface area (Å²) in [6.45, 7) is 3.37. The molecule has 2 heterocycles. The minimum absolute atomic E-state index is 0.198. The van der Waals surface area contributed by atoms with E-state index < -0.39 is 15.1 Å². The number of hydrogen-bond donors (Lipinski definition) is 1. The van der Waals surface area contributed by atoms with E-state index in [2.05, 4.69) is 21.5 Å². The Balaban J connectivity index is 1.93. The van der Waals surface area contributed by atoms with Gasteiger partial charge in [-0.05, 0) is 43.1 Å². The highest BCUT2D eigenvalue weighted by atomic mass is 32.2. The van der Waals surface area contributed by atoms with Crippen molar-refractivity contribution in [3.8, 4) is 11.5 Å². The predicted molar refractivity (Wildman–Crippen MR) is 78.4 cm³/mol. The molecule has 1 aliphatic rings. The Bertz CT molecular complexity index is 768. The molecule has 1 N–H and O–H groups in total. The van der Waals surface area contributed by atoms with Crippen molar-refractivity contribution < 1.29 is 12.9 Å². The molecule has 0 saturated heterocycles. The Morgan fingerprint density at radius 1 is 1.33 bits per heavy atom. The van der Waals surface area contributed by atoms with E-state index >= 15 is 0 Å². The number of benzene rings is 1. The summed E-state index contributed by atoms with van der Waals surface area (Å²) in [6.07, 6.45) is 2.17. The zero-order chi connectivity index (χ0) is 15.0. The Labute approximate surface area is 123 Å². The highest BCUT2D eigenvalue weighted by Crippen LogP contribution is 2.25. The van der Waals surface area contributed by atoms with E-state index in [1.54, 1.807) is 6.92 Å². The van der Waals surface area contributed by atoms with E-state index in [-0.39, 0.29) is 5.82 Å². The third kappa shape index (κ3) is 2.84. The van der Waals surface area contributed by atoms with Crippen LogP contribution in [0.5, 0.6) is 0 Å². The number of nitrogens with one attached hydrogen (secondary N) is 1. The molecule has 0 radical (unpaired) electrons. The van der Waals surface area contributed by atoms with Gasteiger partial charge in [0.05, 0.1) is 0 Å². The molecule has 7 heteroatoms. The first-order valence-corrected chi connectivity index (χ1v) is 8.76. The lowest BCUT2D eigenvalue weighted by atomic mass is 9.98. The first-order chi connectivity index (χ1) is 9.95. The zero-order valence-electron chi connectivity index (χ0n) is 12.0. The normalized spacial score (nSPS) is 16.5. The van der Waals surface area contributed by atoms with Gasteiger partial charge in [-0.3, -0.25) is 0 Å². The third-order valence-electron chi connectivity index (χ3n) is 3.79. The second-order valence-corrected chi connectivity index (χ2v) is 7.71. The molecule has 3 rings (SSSR count). The largest absolute Gasteiger partial charge is 0.334 e. The molecule has 0 saturated carbocycles. The van der Waals surface area contributed by atoms with Gasteiger partial charge >= 0.3 is 0 Å². The molecule has 0 fully saturated rings. The Morgan fingerprint density at radius 3 is 2.90 bits per heavy atom. The molecule has 21 heavy (non-hydrogen) atoms. The first kappa shape index (κ1) is 14.2. The second kappa shape index (κ2) is 5.23. The molecule has 0 bridgehead atoms. The van der Waals surface area contributed by atoms with E-state index in [0.717, 1.165) is 31.3 Å². The third-order valence-corrected chi connectivity index (χ3v) is 5.28. The highest BCUT2D eigenvalue weighted by Gasteiger charge is 2.23. The molecule has 0 aliphatic carbocycles. The molecule has 1 unspecified atom stereocenters. The van der Waals surface area contributed by atoms with Gasteiger partial charge in [0.2, 0.25) is 0 Å². The van der Waals surface area contributed by atoms with Crippen LogP contribution in [-0.4, -0.2) is 31.4 Å². The Hall–Kier alpha value is -1.73. The number of aromatic nitrogens is 2. The van der Waals surface area contributed by atoms with Gasteiger partial charge < -0.3 is 9.84 Å². The first-order valence-electron chi connectivity index (χ1n) is 6.80. The average Bonchev–Trinajstić information content (AvgIpc) is 2.94. The second-order valence-electron chi connectivity index (χ2n) is 5.34. The Morgan fingerprint density at radius 2 is 2.14 bits per heavy atom. The van der Waals surface area contributed by atoms with Crippen LogP contribution in [0.15, 0.2) is 22.7 Å². The standard InChI is InChI=1S/C14H17N3O3S/c1-9(21(2,18)19)13-16-14(20-17-13)11-4-3-10-5-6-15-8-12(10)7-11/h3-4,7,9,15H,5-6,8H2,1-2H3. The number of rotatable bonds is 3. The maximum atomic E-state index is 11.5. The van der Waals surface area contributed by atoms with Crippen LogP contribution in [0, 0.1) is 0 Å².